The van der Waals surface area contributed by atoms with Crippen LogP contribution in [0.2, 0.25) is 0 Å². The van der Waals surface area contributed by atoms with Gasteiger partial charge in [0.15, 0.2) is 0 Å². The van der Waals surface area contributed by atoms with Crippen LogP contribution in [0.1, 0.15) is 39.5 Å². The lowest BCUT2D eigenvalue weighted by molar-refractivity contribution is -0.150. The Bertz CT molecular complexity index is 306. The first kappa shape index (κ1) is 15.7. The normalized spacial score (nSPS) is 33.0. The van der Waals surface area contributed by atoms with Gasteiger partial charge in [-0.25, -0.2) is 0 Å². The van der Waals surface area contributed by atoms with Gasteiger partial charge in [0, 0.05) is 31.6 Å². The Kier molecular flexibility index (Phi) is 5.81. The third kappa shape index (κ3) is 4.17. The van der Waals surface area contributed by atoms with Gasteiger partial charge in [0.25, 0.3) is 0 Å². The van der Waals surface area contributed by atoms with Crippen LogP contribution < -0.4 is 10.6 Å². The van der Waals surface area contributed by atoms with E-state index in [0.717, 1.165) is 38.9 Å². The van der Waals surface area contributed by atoms with Gasteiger partial charge in [-0.3, -0.25) is 4.79 Å². The van der Waals surface area contributed by atoms with Crippen LogP contribution >= 0.6 is 0 Å². The Morgan fingerprint density at radius 2 is 2.00 bits per heavy atom. The number of hydroxylamine groups is 2. The first-order valence-corrected chi connectivity index (χ1v) is 7.92. The average molecular weight is 283 g/mol. The first-order valence-electron chi connectivity index (χ1n) is 7.92. The molecule has 0 aromatic heterocycles. The van der Waals surface area contributed by atoms with Gasteiger partial charge in [0.2, 0.25) is 5.91 Å². The van der Waals surface area contributed by atoms with E-state index in [1.165, 1.54) is 0 Å². The standard InChI is InChI=1S/C15H29N3O2/c1-11-4-7-16-12(2)15(11)17-14(19)10-13-5-8-18(20-3)9-6-13/h11-13,15-16H,4-10H2,1-3H3,(H,17,19). The summed E-state index contributed by atoms with van der Waals surface area (Å²) < 4.78 is 0. The second-order valence-corrected chi connectivity index (χ2v) is 6.36. The van der Waals surface area contributed by atoms with E-state index in [1.807, 2.05) is 5.06 Å². The van der Waals surface area contributed by atoms with Crippen molar-refractivity contribution in [3.8, 4) is 0 Å². The molecule has 2 heterocycles. The number of carbonyl (C=O) groups excluding carboxylic acids is 1. The van der Waals surface area contributed by atoms with Crippen molar-refractivity contribution in [3.05, 3.63) is 0 Å². The molecule has 2 aliphatic rings. The molecule has 3 unspecified atom stereocenters. The van der Waals surface area contributed by atoms with Gasteiger partial charge in [-0.1, -0.05) is 6.92 Å². The third-order valence-electron chi connectivity index (χ3n) is 4.85. The van der Waals surface area contributed by atoms with Crippen LogP contribution in [0.4, 0.5) is 0 Å². The van der Waals surface area contributed by atoms with E-state index in [-0.39, 0.29) is 11.9 Å². The molecular formula is C15H29N3O2. The van der Waals surface area contributed by atoms with E-state index < -0.39 is 0 Å². The fourth-order valence-electron chi connectivity index (χ4n) is 3.41. The summed E-state index contributed by atoms with van der Waals surface area (Å²) in [5.41, 5.74) is 0. The van der Waals surface area contributed by atoms with Crippen molar-refractivity contribution in [2.75, 3.05) is 26.7 Å². The van der Waals surface area contributed by atoms with Gasteiger partial charge >= 0.3 is 0 Å². The van der Waals surface area contributed by atoms with Crippen LogP contribution in [-0.2, 0) is 9.63 Å². The highest BCUT2D eigenvalue weighted by Gasteiger charge is 2.29. The van der Waals surface area contributed by atoms with E-state index in [2.05, 4.69) is 24.5 Å². The van der Waals surface area contributed by atoms with Crippen molar-refractivity contribution in [1.29, 1.82) is 0 Å². The van der Waals surface area contributed by atoms with Gasteiger partial charge < -0.3 is 15.5 Å². The maximum Gasteiger partial charge on any atom is 0.220 e. The minimum absolute atomic E-state index is 0.216. The maximum atomic E-state index is 12.2. The number of rotatable bonds is 4. The van der Waals surface area contributed by atoms with E-state index in [4.69, 9.17) is 4.84 Å². The Labute approximate surface area is 122 Å². The average Bonchev–Trinajstić information content (AvgIpc) is 2.44. The number of hydrogen-bond donors (Lipinski definition) is 2. The highest BCUT2D eigenvalue weighted by molar-refractivity contribution is 5.76. The van der Waals surface area contributed by atoms with Gasteiger partial charge in [-0.2, -0.15) is 5.06 Å². The monoisotopic (exact) mass is 283 g/mol. The molecule has 0 saturated carbocycles. The SMILES string of the molecule is CON1CCC(CC(=O)NC2C(C)CCNC2C)CC1. The van der Waals surface area contributed by atoms with Gasteiger partial charge in [0.1, 0.15) is 0 Å². The van der Waals surface area contributed by atoms with Crippen LogP contribution in [0.25, 0.3) is 0 Å². The Morgan fingerprint density at radius 1 is 1.30 bits per heavy atom. The molecule has 2 N–H and O–H groups in total. The number of amides is 1. The van der Waals surface area contributed by atoms with E-state index in [0.29, 0.717) is 24.3 Å². The summed E-state index contributed by atoms with van der Waals surface area (Å²) in [6.45, 7) is 7.33. The van der Waals surface area contributed by atoms with Crippen molar-refractivity contribution in [2.45, 2.75) is 51.6 Å². The van der Waals surface area contributed by atoms with Crippen molar-refractivity contribution < 1.29 is 9.63 Å². The van der Waals surface area contributed by atoms with Crippen LogP contribution in [0.5, 0.6) is 0 Å². The molecule has 0 aromatic rings. The van der Waals surface area contributed by atoms with E-state index in [9.17, 15) is 4.79 Å². The van der Waals surface area contributed by atoms with Gasteiger partial charge in [-0.15, -0.1) is 0 Å². The topological polar surface area (TPSA) is 53.6 Å². The third-order valence-corrected chi connectivity index (χ3v) is 4.85. The molecule has 0 aliphatic carbocycles. The second kappa shape index (κ2) is 7.38. The Hall–Kier alpha value is -0.650. The number of piperidine rings is 2. The second-order valence-electron chi connectivity index (χ2n) is 6.36. The molecule has 5 heteroatoms. The summed E-state index contributed by atoms with van der Waals surface area (Å²) in [6, 6.07) is 0.647. The molecule has 20 heavy (non-hydrogen) atoms. The lowest BCUT2D eigenvalue weighted by atomic mass is 9.88. The molecule has 0 spiro atoms. The summed E-state index contributed by atoms with van der Waals surface area (Å²) in [4.78, 5) is 17.5. The van der Waals surface area contributed by atoms with Crippen LogP contribution in [0, 0.1) is 11.8 Å². The summed E-state index contributed by atoms with van der Waals surface area (Å²) in [7, 11) is 1.71. The van der Waals surface area contributed by atoms with Crippen LogP contribution in [-0.4, -0.2) is 49.8 Å². The lowest BCUT2D eigenvalue weighted by Gasteiger charge is -2.36. The zero-order valence-corrected chi connectivity index (χ0v) is 13.0. The largest absolute Gasteiger partial charge is 0.352 e. The predicted molar refractivity (Wildman–Crippen MR) is 79.1 cm³/mol. The number of nitrogens with zero attached hydrogens (tertiary/aromatic N) is 1. The van der Waals surface area contributed by atoms with E-state index in [1.54, 1.807) is 7.11 Å². The van der Waals surface area contributed by atoms with Gasteiger partial charge in [0.05, 0.1) is 7.11 Å². The van der Waals surface area contributed by atoms with Crippen molar-refractivity contribution >= 4 is 5.91 Å². The molecule has 0 radical (unpaired) electrons. The fourth-order valence-corrected chi connectivity index (χ4v) is 3.41. The smallest absolute Gasteiger partial charge is 0.220 e. The zero-order chi connectivity index (χ0) is 14.5. The number of carbonyl (C=O) groups is 1. The molecule has 1 amide bonds. The molecule has 2 aliphatic heterocycles. The lowest BCUT2D eigenvalue weighted by Crippen LogP contribution is -2.56. The summed E-state index contributed by atoms with van der Waals surface area (Å²) >= 11 is 0. The molecule has 0 aromatic carbocycles. The molecule has 2 saturated heterocycles. The predicted octanol–water partition coefficient (Wildman–Crippen LogP) is 1.15. The quantitative estimate of drug-likeness (QED) is 0.813. The minimum atomic E-state index is 0.216. The Morgan fingerprint density at radius 3 is 2.60 bits per heavy atom. The summed E-state index contributed by atoms with van der Waals surface area (Å²) in [5, 5.41) is 8.67. The highest BCUT2D eigenvalue weighted by atomic mass is 16.7. The minimum Gasteiger partial charge on any atom is -0.352 e. The fraction of sp³-hybridized carbons (Fsp3) is 0.933. The molecule has 0 bridgehead atoms. The molecule has 2 rings (SSSR count). The number of hydrogen-bond acceptors (Lipinski definition) is 4. The van der Waals surface area contributed by atoms with Crippen LogP contribution in [0.15, 0.2) is 0 Å². The number of nitrogens with one attached hydrogen (secondary N) is 2. The molecule has 3 atom stereocenters. The highest BCUT2D eigenvalue weighted by Crippen LogP contribution is 2.21. The Balaban J connectivity index is 1.75. The molecule has 116 valence electrons. The summed E-state index contributed by atoms with van der Waals surface area (Å²) in [6.07, 6.45) is 3.90. The van der Waals surface area contributed by atoms with E-state index >= 15 is 0 Å². The molecule has 2 fully saturated rings. The van der Waals surface area contributed by atoms with Crippen molar-refractivity contribution in [3.63, 3.8) is 0 Å². The van der Waals surface area contributed by atoms with Gasteiger partial charge in [-0.05, 0) is 44.6 Å². The maximum absolute atomic E-state index is 12.2. The van der Waals surface area contributed by atoms with Crippen LogP contribution in [0.3, 0.4) is 0 Å². The van der Waals surface area contributed by atoms with Crippen molar-refractivity contribution in [2.24, 2.45) is 11.8 Å². The zero-order valence-electron chi connectivity index (χ0n) is 13.0. The summed E-state index contributed by atoms with van der Waals surface area (Å²) in [5.74, 6) is 1.28. The molecular weight excluding hydrogens is 254 g/mol. The first-order chi connectivity index (χ1) is 9.60. The van der Waals surface area contributed by atoms with Crippen molar-refractivity contribution in [1.82, 2.24) is 15.7 Å². The molecule has 5 nitrogen and oxygen atoms in total.